The molecule has 0 aliphatic carbocycles. The number of hydrogen-bond acceptors (Lipinski definition) is 2. The van der Waals surface area contributed by atoms with Gasteiger partial charge in [0.05, 0.1) is 0 Å². The molecule has 0 aliphatic rings. The molecule has 0 saturated heterocycles. The van der Waals surface area contributed by atoms with Crippen LogP contribution in [0.1, 0.15) is 57.4 Å². The molecule has 0 bridgehead atoms. The van der Waals surface area contributed by atoms with E-state index in [4.69, 9.17) is 0 Å². The first kappa shape index (κ1) is 19.0. The van der Waals surface area contributed by atoms with E-state index in [0.717, 1.165) is 35.7 Å². The number of aromatic nitrogens is 1. The summed E-state index contributed by atoms with van der Waals surface area (Å²) < 4.78 is 0. The van der Waals surface area contributed by atoms with Crippen molar-refractivity contribution in [2.24, 2.45) is 0 Å². The van der Waals surface area contributed by atoms with Gasteiger partial charge in [-0.1, -0.05) is 57.2 Å². The van der Waals surface area contributed by atoms with Gasteiger partial charge in [-0.25, -0.2) is 4.79 Å². The number of carbonyl (C=O) groups is 2. The lowest BCUT2D eigenvalue weighted by molar-refractivity contribution is -0.141. The lowest BCUT2D eigenvalue weighted by atomic mass is 10.0. The Hall–Kier alpha value is -2.30. The second kappa shape index (κ2) is 9.87. The van der Waals surface area contributed by atoms with Gasteiger partial charge in [-0.05, 0) is 18.1 Å². The second-order valence-electron chi connectivity index (χ2n) is 6.54. The number of aromatic amines is 1. The number of amides is 1. The number of H-pyrrole nitrogens is 1. The fourth-order valence-electron chi connectivity index (χ4n) is 3.05. The Balaban J connectivity index is 1.84. The van der Waals surface area contributed by atoms with Gasteiger partial charge in [0.2, 0.25) is 5.91 Å². The number of benzene rings is 1. The molecule has 0 radical (unpaired) electrons. The first-order chi connectivity index (χ1) is 12.1. The fraction of sp³-hybridized carbons (Fsp3) is 0.500. The Bertz CT molecular complexity index is 693. The molecule has 1 heterocycles. The normalized spacial score (nSPS) is 12.2. The predicted molar refractivity (Wildman–Crippen MR) is 99.6 cm³/mol. The molecule has 0 fully saturated rings. The maximum Gasteiger partial charge on any atom is 0.326 e. The summed E-state index contributed by atoms with van der Waals surface area (Å²) in [5.41, 5.74) is 1.88. The smallest absolute Gasteiger partial charge is 0.326 e. The van der Waals surface area contributed by atoms with E-state index >= 15 is 0 Å². The molecule has 1 aromatic heterocycles. The molecule has 2 rings (SSSR count). The molecule has 2 aromatic rings. The summed E-state index contributed by atoms with van der Waals surface area (Å²) in [4.78, 5) is 26.7. The minimum Gasteiger partial charge on any atom is -0.480 e. The zero-order chi connectivity index (χ0) is 18.1. The molecule has 1 unspecified atom stereocenters. The first-order valence-corrected chi connectivity index (χ1v) is 9.19. The van der Waals surface area contributed by atoms with Crippen molar-refractivity contribution in [3.05, 3.63) is 36.0 Å². The number of fused-ring (bicyclic) bond motifs is 1. The highest BCUT2D eigenvalue weighted by atomic mass is 16.4. The molecule has 0 spiro atoms. The molecule has 5 heteroatoms. The Labute approximate surface area is 148 Å². The van der Waals surface area contributed by atoms with Crippen molar-refractivity contribution < 1.29 is 14.7 Å². The number of unbranched alkanes of at least 4 members (excludes halogenated alkanes) is 5. The molecule has 3 N–H and O–H groups in total. The van der Waals surface area contributed by atoms with E-state index in [1.165, 1.54) is 19.3 Å². The van der Waals surface area contributed by atoms with Crippen molar-refractivity contribution >= 4 is 22.8 Å². The molecule has 25 heavy (non-hydrogen) atoms. The second-order valence-corrected chi connectivity index (χ2v) is 6.54. The van der Waals surface area contributed by atoms with E-state index in [-0.39, 0.29) is 12.3 Å². The summed E-state index contributed by atoms with van der Waals surface area (Å²) in [7, 11) is 0. The van der Waals surface area contributed by atoms with Crippen LogP contribution in [-0.4, -0.2) is 28.0 Å². The number of para-hydroxylation sites is 1. The zero-order valence-electron chi connectivity index (χ0n) is 14.9. The number of aliphatic carboxylic acids is 1. The van der Waals surface area contributed by atoms with Crippen LogP contribution in [0.5, 0.6) is 0 Å². The third-order valence-corrected chi connectivity index (χ3v) is 4.49. The Morgan fingerprint density at radius 2 is 1.84 bits per heavy atom. The van der Waals surface area contributed by atoms with Crippen LogP contribution in [0, 0.1) is 0 Å². The lowest BCUT2D eigenvalue weighted by Gasteiger charge is -2.14. The van der Waals surface area contributed by atoms with E-state index < -0.39 is 12.0 Å². The molecular weight excluding hydrogens is 316 g/mol. The average molecular weight is 344 g/mol. The Morgan fingerprint density at radius 1 is 1.12 bits per heavy atom. The van der Waals surface area contributed by atoms with E-state index in [0.29, 0.717) is 6.42 Å². The summed E-state index contributed by atoms with van der Waals surface area (Å²) in [6.07, 6.45) is 9.11. The predicted octanol–water partition coefficient (Wildman–Crippen LogP) is 4.03. The van der Waals surface area contributed by atoms with Crippen molar-refractivity contribution in [2.75, 3.05) is 0 Å². The fourth-order valence-corrected chi connectivity index (χ4v) is 3.05. The first-order valence-electron chi connectivity index (χ1n) is 9.19. The van der Waals surface area contributed by atoms with Gasteiger partial charge in [-0.15, -0.1) is 0 Å². The van der Waals surface area contributed by atoms with Gasteiger partial charge in [0.1, 0.15) is 6.04 Å². The number of carboxylic acid groups (broad SMARTS) is 1. The summed E-state index contributed by atoms with van der Waals surface area (Å²) in [6.45, 7) is 2.17. The van der Waals surface area contributed by atoms with Gasteiger partial charge in [0.25, 0.3) is 0 Å². The standard InChI is InChI=1S/C20H28N2O3/c1-2-3-4-5-6-7-12-19(23)22-18(20(24)25)13-15-14-21-17-11-9-8-10-16(15)17/h8-11,14,18,21H,2-7,12-13H2,1H3,(H,22,23)(H,24,25). The van der Waals surface area contributed by atoms with Crippen LogP contribution in [0.25, 0.3) is 10.9 Å². The van der Waals surface area contributed by atoms with Crippen molar-refractivity contribution in [3.8, 4) is 0 Å². The molecule has 1 aromatic carbocycles. The third-order valence-electron chi connectivity index (χ3n) is 4.49. The zero-order valence-corrected chi connectivity index (χ0v) is 14.9. The molecule has 136 valence electrons. The van der Waals surface area contributed by atoms with E-state index in [2.05, 4.69) is 17.2 Å². The number of rotatable bonds is 11. The van der Waals surface area contributed by atoms with Crippen LogP contribution in [0.4, 0.5) is 0 Å². The van der Waals surface area contributed by atoms with Crippen LogP contribution in [0.15, 0.2) is 30.5 Å². The summed E-state index contributed by atoms with van der Waals surface area (Å²) in [5, 5.41) is 13.1. The third kappa shape index (κ3) is 5.93. The van der Waals surface area contributed by atoms with Gasteiger partial charge in [-0.2, -0.15) is 0 Å². The lowest BCUT2D eigenvalue weighted by Crippen LogP contribution is -2.42. The highest BCUT2D eigenvalue weighted by Crippen LogP contribution is 2.19. The van der Waals surface area contributed by atoms with E-state index in [1.54, 1.807) is 0 Å². The molecule has 1 amide bonds. The van der Waals surface area contributed by atoms with Crippen molar-refractivity contribution in [2.45, 2.75) is 64.3 Å². The van der Waals surface area contributed by atoms with Crippen LogP contribution in [0.2, 0.25) is 0 Å². The quantitative estimate of drug-likeness (QED) is 0.538. The Morgan fingerprint density at radius 3 is 2.60 bits per heavy atom. The van der Waals surface area contributed by atoms with Crippen LogP contribution < -0.4 is 5.32 Å². The minimum atomic E-state index is -0.999. The van der Waals surface area contributed by atoms with Gasteiger partial charge in [0.15, 0.2) is 0 Å². The van der Waals surface area contributed by atoms with Crippen LogP contribution in [-0.2, 0) is 16.0 Å². The highest BCUT2D eigenvalue weighted by Gasteiger charge is 2.21. The van der Waals surface area contributed by atoms with Crippen molar-refractivity contribution in [1.82, 2.24) is 10.3 Å². The molecule has 1 atom stereocenters. The van der Waals surface area contributed by atoms with E-state index in [9.17, 15) is 14.7 Å². The monoisotopic (exact) mass is 344 g/mol. The molecule has 0 saturated carbocycles. The molecule has 0 aliphatic heterocycles. The SMILES string of the molecule is CCCCCCCCC(=O)NC(Cc1c[nH]c2ccccc12)C(=O)O. The van der Waals surface area contributed by atoms with Gasteiger partial charge in [-0.3, -0.25) is 4.79 Å². The van der Waals surface area contributed by atoms with E-state index in [1.807, 2.05) is 30.5 Å². The highest BCUT2D eigenvalue weighted by molar-refractivity contribution is 5.86. The minimum absolute atomic E-state index is 0.178. The topological polar surface area (TPSA) is 82.2 Å². The number of hydrogen-bond donors (Lipinski definition) is 3. The van der Waals surface area contributed by atoms with Gasteiger partial charge >= 0.3 is 5.97 Å². The number of carboxylic acids is 1. The maximum absolute atomic E-state index is 12.1. The maximum atomic E-state index is 12.1. The Kier molecular flexibility index (Phi) is 7.51. The molecule has 5 nitrogen and oxygen atoms in total. The van der Waals surface area contributed by atoms with Crippen molar-refractivity contribution in [3.63, 3.8) is 0 Å². The molecular formula is C20H28N2O3. The van der Waals surface area contributed by atoms with Gasteiger partial charge < -0.3 is 15.4 Å². The van der Waals surface area contributed by atoms with Crippen LogP contribution in [0.3, 0.4) is 0 Å². The number of nitrogens with one attached hydrogen (secondary N) is 2. The number of carbonyl (C=O) groups excluding carboxylic acids is 1. The largest absolute Gasteiger partial charge is 0.480 e. The van der Waals surface area contributed by atoms with Gasteiger partial charge in [0, 0.05) is 29.9 Å². The van der Waals surface area contributed by atoms with Crippen LogP contribution >= 0.6 is 0 Å². The van der Waals surface area contributed by atoms with Crippen molar-refractivity contribution in [1.29, 1.82) is 0 Å². The summed E-state index contributed by atoms with van der Waals surface area (Å²) in [5.74, 6) is -1.18. The summed E-state index contributed by atoms with van der Waals surface area (Å²) in [6, 6.07) is 6.86. The average Bonchev–Trinajstić information content (AvgIpc) is 3.00. The summed E-state index contributed by atoms with van der Waals surface area (Å²) >= 11 is 0.